The molecule has 0 bridgehead atoms. The van der Waals surface area contributed by atoms with Crippen LogP contribution in [-0.4, -0.2) is 33.1 Å². The van der Waals surface area contributed by atoms with Crippen LogP contribution in [0.2, 0.25) is 0 Å². The largest absolute Gasteiger partial charge is 0.396 e. The predicted molar refractivity (Wildman–Crippen MR) is 38.6 cm³/mol. The summed E-state index contributed by atoms with van der Waals surface area (Å²) in [5.41, 5.74) is -2.36. The molecule has 3 nitrogen and oxygen atoms in total. The Morgan fingerprint density at radius 3 is 1.60 bits per heavy atom. The van der Waals surface area contributed by atoms with Gasteiger partial charge in [-0.3, -0.25) is 0 Å². The average Bonchev–Trinajstić information content (AvgIpc) is 1.61. The van der Waals surface area contributed by atoms with Crippen molar-refractivity contribution >= 4 is 0 Å². The molecule has 0 rings (SSSR count). The molecule has 0 aromatic heterocycles. The first kappa shape index (κ1) is 9.88. The second kappa shape index (κ2) is 2.86. The van der Waals surface area contributed by atoms with E-state index in [9.17, 15) is 10.2 Å². The van der Waals surface area contributed by atoms with Crippen LogP contribution in [-0.2, 0) is 0 Å². The van der Waals surface area contributed by atoms with E-state index in [-0.39, 0.29) is 13.0 Å². The molecule has 0 radical (unpaired) electrons. The average molecular weight is 148 g/mol. The standard InChI is InChI=1S/C7H16O3/c1-6(2,9)7(3,10)4-5-8/h8-10H,4-5H2,1-3H3. The first-order chi connectivity index (χ1) is 4.31. The van der Waals surface area contributed by atoms with Crippen LogP contribution in [0.5, 0.6) is 0 Å². The number of hydrogen-bond acceptors (Lipinski definition) is 3. The van der Waals surface area contributed by atoms with Gasteiger partial charge in [-0.2, -0.15) is 0 Å². The van der Waals surface area contributed by atoms with Gasteiger partial charge < -0.3 is 15.3 Å². The van der Waals surface area contributed by atoms with E-state index in [1.54, 1.807) is 0 Å². The van der Waals surface area contributed by atoms with Crippen LogP contribution < -0.4 is 0 Å². The van der Waals surface area contributed by atoms with Crippen molar-refractivity contribution in [2.75, 3.05) is 6.61 Å². The molecule has 0 saturated carbocycles. The normalized spacial score (nSPS) is 18.6. The number of hydrogen-bond donors (Lipinski definition) is 3. The predicted octanol–water partition coefficient (Wildman–Crippen LogP) is -0.109. The van der Waals surface area contributed by atoms with Crippen LogP contribution in [0.25, 0.3) is 0 Å². The van der Waals surface area contributed by atoms with Crippen LogP contribution in [0.3, 0.4) is 0 Å². The maximum Gasteiger partial charge on any atom is 0.0921 e. The van der Waals surface area contributed by atoms with Crippen LogP contribution >= 0.6 is 0 Å². The fourth-order valence-electron chi connectivity index (χ4n) is 0.524. The highest BCUT2D eigenvalue weighted by Crippen LogP contribution is 2.23. The minimum atomic E-state index is -1.21. The summed E-state index contributed by atoms with van der Waals surface area (Å²) in [5, 5.41) is 27.3. The second-order valence-electron chi connectivity index (χ2n) is 3.31. The van der Waals surface area contributed by atoms with Crippen LogP contribution in [0.4, 0.5) is 0 Å². The summed E-state index contributed by atoms with van der Waals surface area (Å²) in [5.74, 6) is 0. The molecule has 0 amide bonds. The van der Waals surface area contributed by atoms with Gasteiger partial charge in [-0.1, -0.05) is 0 Å². The SMILES string of the molecule is CC(C)(O)C(C)(O)CCO. The van der Waals surface area contributed by atoms with Crippen molar-refractivity contribution in [3.63, 3.8) is 0 Å². The molecule has 3 heteroatoms. The van der Waals surface area contributed by atoms with Crippen LogP contribution in [0, 0.1) is 0 Å². The van der Waals surface area contributed by atoms with Crippen LogP contribution in [0.1, 0.15) is 27.2 Å². The lowest BCUT2D eigenvalue weighted by molar-refractivity contribution is -0.128. The fourth-order valence-corrected chi connectivity index (χ4v) is 0.524. The van der Waals surface area contributed by atoms with Gasteiger partial charge in [0.2, 0.25) is 0 Å². The van der Waals surface area contributed by atoms with Gasteiger partial charge in [-0.15, -0.1) is 0 Å². The maximum absolute atomic E-state index is 9.44. The maximum atomic E-state index is 9.44. The molecule has 0 aliphatic rings. The first-order valence-corrected chi connectivity index (χ1v) is 3.37. The van der Waals surface area contributed by atoms with Crippen molar-refractivity contribution in [2.24, 2.45) is 0 Å². The molecule has 0 aliphatic heterocycles. The molecule has 0 heterocycles. The Kier molecular flexibility index (Phi) is 2.83. The molecule has 0 spiro atoms. The summed E-state index contributed by atoms with van der Waals surface area (Å²) in [6.45, 7) is 4.42. The molecule has 1 atom stereocenters. The summed E-state index contributed by atoms with van der Waals surface area (Å²) in [6, 6.07) is 0. The van der Waals surface area contributed by atoms with E-state index >= 15 is 0 Å². The molecule has 0 aliphatic carbocycles. The molecule has 62 valence electrons. The van der Waals surface area contributed by atoms with E-state index in [1.165, 1.54) is 20.8 Å². The minimum absolute atomic E-state index is 0.114. The van der Waals surface area contributed by atoms with Gasteiger partial charge in [0, 0.05) is 13.0 Å². The number of aliphatic hydroxyl groups is 3. The third-order valence-corrected chi connectivity index (χ3v) is 1.92. The lowest BCUT2D eigenvalue weighted by atomic mass is 9.85. The van der Waals surface area contributed by atoms with E-state index in [0.29, 0.717) is 0 Å². The zero-order valence-corrected chi connectivity index (χ0v) is 6.76. The Hall–Kier alpha value is -0.120. The molecule has 10 heavy (non-hydrogen) atoms. The molecular formula is C7H16O3. The van der Waals surface area contributed by atoms with Gasteiger partial charge in [0.1, 0.15) is 0 Å². The minimum Gasteiger partial charge on any atom is -0.396 e. The third-order valence-electron chi connectivity index (χ3n) is 1.92. The molecule has 0 aromatic carbocycles. The molecule has 3 N–H and O–H groups in total. The Morgan fingerprint density at radius 1 is 1.10 bits per heavy atom. The lowest BCUT2D eigenvalue weighted by Crippen LogP contribution is -2.48. The molecular weight excluding hydrogens is 132 g/mol. The van der Waals surface area contributed by atoms with Crippen molar-refractivity contribution in [1.82, 2.24) is 0 Å². The number of rotatable bonds is 3. The van der Waals surface area contributed by atoms with E-state index in [4.69, 9.17) is 5.11 Å². The number of aliphatic hydroxyl groups excluding tert-OH is 1. The summed E-state index contributed by atoms with van der Waals surface area (Å²) < 4.78 is 0. The Balaban J connectivity index is 4.10. The fraction of sp³-hybridized carbons (Fsp3) is 1.00. The van der Waals surface area contributed by atoms with E-state index in [1.807, 2.05) is 0 Å². The van der Waals surface area contributed by atoms with Crippen molar-refractivity contribution in [3.8, 4) is 0 Å². The van der Waals surface area contributed by atoms with Gasteiger partial charge >= 0.3 is 0 Å². The summed E-state index contributed by atoms with van der Waals surface area (Å²) in [4.78, 5) is 0. The van der Waals surface area contributed by atoms with Gasteiger partial charge in [-0.25, -0.2) is 0 Å². The van der Waals surface area contributed by atoms with Crippen molar-refractivity contribution in [3.05, 3.63) is 0 Å². The highest BCUT2D eigenvalue weighted by atomic mass is 16.4. The van der Waals surface area contributed by atoms with E-state index < -0.39 is 11.2 Å². The van der Waals surface area contributed by atoms with Crippen molar-refractivity contribution in [1.29, 1.82) is 0 Å². The molecule has 0 aromatic rings. The summed E-state index contributed by atoms with van der Waals surface area (Å²) >= 11 is 0. The molecule has 0 saturated heterocycles. The Labute approximate surface area is 61.3 Å². The molecule has 0 fully saturated rings. The van der Waals surface area contributed by atoms with E-state index in [0.717, 1.165) is 0 Å². The summed E-state index contributed by atoms with van der Waals surface area (Å²) in [6.07, 6.45) is 0.191. The zero-order chi connectivity index (χ0) is 8.41. The Morgan fingerprint density at radius 2 is 1.50 bits per heavy atom. The first-order valence-electron chi connectivity index (χ1n) is 3.37. The highest BCUT2D eigenvalue weighted by molar-refractivity contribution is 4.88. The van der Waals surface area contributed by atoms with Crippen molar-refractivity contribution < 1.29 is 15.3 Å². The quantitative estimate of drug-likeness (QED) is 0.523. The zero-order valence-electron chi connectivity index (χ0n) is 6.76. The van der Waals surface area contributed by atoms with Crippen LogP contribution in [0.15, 0.2) is 0 Å². The summed E-state index contributed by atoms with van der Waals surface area (Å²) in [7, 11) is 0. The molecule has 1 unspecified atom stereocenters. The van der Waals surface area contributed by atoms with Gasteiger partial charge in [0.15, 0.2) is 0 Å². The van der Waals surface area contributed by atoms with Gasteiger partial charge in [0.25, 0.3) is 0 Å². The van der Waals surface area contributed by atoms with Gasteiger partial charge in [0.05, 0.1) is 11.2 Å². The highest BCUT2D eigenvalue weighted by Gasteiger charge is 2.36. The monoisotopic (exact) mass is 148 g/mol. The van der Waals surface area contributed by atoms with Crippen molar-refractivity contribution in [2.45, 2.75) is 38.4 Å². The lowest BCUT2D eigenvalue weighted by Gasteiger charge is -2.34. The Bertz CT molecular complexity index is 102. The topological polar surface area (TPSA) is 60.7 Å². The second-order valence-corrected chi connectivity index (χ2v) is 3.31. The smallest absolute Gasteiger partial charge is 0.0921 e. The van der Waals surface area contributed by atoms with E-state index in [2.05, 4.69) is 0 Å². The third kappa shape index (κ3) is 2.25. The van der Waals surface area contributed by atoms with Gasteiger partial charge in [-0.05, 0) is 20.8 Å².